The lowest BCUT2D eigenvalue weighted by Crippen LogP contribution is -2.34. The number of likely N-dealkylation sites (N-methyl/N-ethyl adjacent to an activating group) is 1. The third-order valence-corrected chi connectivity index (χ3v) is 4.92. The van der Waals surface area contributed by atoms with Crippen LogP contribution >= 0.6 is 11.6 Å². The van der Waals surface area contributed by atoms with Gasteiger partial charge in [-0.25, -0.2) is 0 Å². The van der Waals surface area contributed by atoms with Crippen LogP contribution in [0.15, 0.2) is 46.9 Å². The molecule has 0 bridgehead atoms. The molecule has 0 spiro atoms. The van der Waals surface area contributed by atoms with Crippen LogP contribution in [-0.4, -0.2) is 38.6 Å². The number of amides is 1. The van der Waals surface area contributed by atoms with Gasteiger partial charge in [-0.05, 0) is 45.3 Å². The van der Waals surface area contributed by atoms with Crippen molar-refractivity contribution in [3.05, 3.63) is 64.4 Å². The van der Waals surface area contributed by atoms with Crippen molar-refractivity contribution in [1.82, 2.24) is 10.2 Å². The van der Waals surface area contributed by atoms with Crippen molar-refractivity contribution in [2.24, 2.45) is 0 Å². The van der Waals surface area contributed by atoms with Gasteiger partial charge in [0.25, 0.3) is 5.91 Å². The molecule has 6 heteroatoms. The maximum absolute atomic E-state index is 12.7. The number of halogens is 1. The minimum atomic E-state index is -0.249. The molecular weight excluding hydrogens is 364 g/mol. The predicted octanol–water partition coefficient (Wildman–Crippen LogP) is 4.44. The van der Waals surface area contributed by atoms with E-state index in [2.05, 4.69) is 5.32 Å². The third kappa shape index (κ3) is 3.94. The molecule has 0 fully saturated rings. The van der Waals surface area contributed by atoms with Crippen LogP contribution in [0, 0.1) is 6.92 Å². The lowest BCUT2D eigenvalue weighted by molar-refractivity contribution is 0.0915. The SMILES string of the molecule is COc1ccccc1[C@H](CNC(=O)c1oc2ccc(Cl)cc2c1C)N(C)C. The molecule has 0 aliphatic heterocycles. The molecule has 0 saturated carbocycles. The van der Waals surface area contributed by atoms with Crippen LogP contribution in [0.4, 0.5) is 0 Å². The van der Waals surface area contributed by atoms with E-state index < -0.39 is 0 Å². The van der Waals surface area contributed by atoms with E-state index in [4.69, 9.17) is 20.8 Å². The second-order valence-corrected chi connectivity index (χ2v) is 7.06. The zero-order valence-corrected chi connectivity index (χ0v) is 16.6. The zero-order chi connectivity index (χ0) is 19.6. The van der Waals surface area contributed by atoms with Crippen LogP contribution in [-0.2, 0) is 0 Å². The van der Waals surface area contributed by atoms with E-state index in [-0.39, 0.29) is 11.9 Å². The highest BCUT2D eigenvalue weighted by molar-refractivity contribution is 6.31. The quantitative estimate of drug-likeness (QED) is 0.680. The second kappa shape index (κ2) is 8.03. The normalized spacial score (nSPS) is 12.4. The molecule has 0 radical (unpaired) electrons. The molecule has 1 amide bonds. The number of ether oxygens (including phenoxy) is 1. The number of carbonyl (C=O) groups excluding carboxylic acids is 1. The van der Waals surface area contributed by atoms with Gasteiger partial charge < -0.3 is 19.4 Å². The fourth-order valence-electron chi connectivity index (χ4n) is 3.19. The highest BCUT2D eigenvalue weighted by atomic mass is 35.5. The highest BCUT2D eigenvalue weighted by Gasteiger charge is 2.22. The summed E-state index contributed by atoms with van der Waals surface area (Å²) >= 11 is 6.05. The average molecular weight is 387 g/mol. The van der Waals surface area contributed by atoms with Crippen molar-refractivity contribution in [2.45, 2.75) is 13.0 Å². The van der Waals surface area contributed by atoms with Gasteiger partial charge in [0.15, 0.2) is 5.76 Å². The number of para-hydroxylation sites is 1. The van der Waals surface area contributed by atoms with E-state index in [1.165, 1.54) is 0 Å². The smallest absolute Gasteiger partial charge is 0.287 e. The van der Waals surface area contributed by atoms with E-state index in [1.807, 2.05) is 56.3 Å². The first-order valence-electron chi connectivity index (χ1n) is 8.68. The molecule has 1 heterocycles. The van der Waals surface area contributed by atoms with Gasteiger partial charge in [-0.2, -0.15) is 0 Å². The van der Waals surface area contributed by atoms with Gasteiger partial charge in [-0.3, -0.25) is 4.79 Å². The van der Waals surface area contributed by atoms with E-state index in [0.717, 1.165) is 22.3 Å². The topological polar surface area (TPSA) is 54.7 Å². The van der Waals surface area contributed by atoms with E-state index in [1.54, 1.807) is 19.2 Å². The molecule has 0 unspecified atom stereocenters. The number of hydrogen-bond acceptors (Lipinski definition) is 4. The van der Waals surface area contributed by atoms with Crippen LogP contribution < -0.4 is 10.1 Å². The van der Waals surface area contributed by atoms with Gasteiger partial charge in [0.1, 0.15) is 11.3 Å². The summed E-state index contributed by atoms with van der Waals surface area (Å²) in [6.07, 6.45) is 0. The Hall–Kier alpha value is -2.50. The molecule has 27 heavy (non-hydrogen) atoms. The molecule has 1 N–H and O–H groups in total. The minimum Gasteiger partial charge on any atom is -0.496 e. The van der Waals surface area contributed by atoms with Crippen molar-refractivity contribution in [3.63, 3.8) is 0 Å². The van der Waals surface area contributed by atoms with Gasteiger partial charge in [-0.15, -0.1) is 0 Å². The first-order chi connectivity index (χ1) is 12.9. The molecule has 1 atom stereocenters. The Morgan fingerprint density at radius 1 is 1.26 bits per heavy atom. The molecular formula is C21H23ClN2O3. The van der Waals surface area contributed by atoms with Crippen molar-refractivity contribution in [1.29, 1.82) is 0 Å². The molecule has 0 aliphatic carbocycles. The number of nitrogens with zero attached hydrogens (tertiary/aromatic N) is 1. The fraction of sp³-hybridized carbons (Fsp3) is 0.286. The number of furan rings is 1. The molecule has 3 aromatic rings. The fourth-order valence-corrected chi connectivity index (χ4v) is 3.36. The summed E-state index contributed by atoms with van der Waals surface area (Å²) in [7, 11) is 5.59. The Labute approximate surface area is 163 Å². The van der Waals surface area contributed by atoms with Crippen LogP contribution in [0.1, 0.15) is 27.7 Å². The summed E-state index contributed by atoms with van der Waals surface area (Å²) in [5.74, 6) is 0.853. The average Bonchev–Trinajstić information content (AvgIpc) is 2.98. The Bertz CT molecular complexity index is 965. The number of benzene rings is 2. The van der Waals surface area contributed by atoms with Crippen molar-refractivity contribution >= 4 is 28.5 Å². The van der Waals surface area contributed by atoms with Crippen molar-refractivity contribution < 1.29 is 13.9 Å². The number of fused-ring (bicyclic) bond motifs is 1. The number of carbonyl (C=O) groups is 1. The number of hydrogen-bond donors (Lipinski definition) is 1. The monoisotopic (exact) mass is 386 g/mol. The Balaban J connectivity index is 1.82. The molecule has 0 saturated heterocycles. The first kappa shape index (κ1) is 19.3. The number of methoxy groups -OCH3 is 1. The van der Waals surface area contributed by atoms with Crippen LogP contribution in [0.5, 0.6) is 5.75 Å². The number of rotatable bonds is 6. The summed E-state index contributed by atoms with van der Waals surface area (Å²) in [4.78, 5) is 14.8. The minimum absolute atomic E-state index is 0.0378. The van der Waals surface area contributed by atoms with E-state index >= 15 is 0 Å². The summed E-state index contributed by atoms with van der Waals surface area (Å²) in [5.41, 5.74) is 2.44. The van der Waals surface area contributed by atoms with Crippen LogP contribution in [0.2, 0.25) is 5.02 Å². The standard InChI is InChI=1S/C21H23ClN2O3/c1-13-16-11-14(22)9-10-19(16)27-20(13)21(25)23-12-17(24(2)3)15-7-5-6-8-18(15)26-4/h5-11,17H,12H2,1-4H3,(H,23,25)/t17-/m0/s1. The lowest BCUT2D eigenvalue weighted by Gasteiger charge is -2.26. The maximum atomic E-state index is 12.7. The van der Waals surface area contributed by atoms with E-state index in [0.29, 0.717) is 22.9 Å². The zero-order valence-electron chi connectivity index (χ0n) is 15.9. The number of nitrogens with one attached hydrogen (secondary N) is 1. The largest absolute Gasteiger partial charge is 0.496 e. The van der Waals surface area contributed by atoms with Gasteiger partial charge in [0.05, 0.1) is 13.2 Å². The third-order valence-electron chi connectivity index (χ3n) is 4.68. The number of aryl methyl sites for hydroxylation is 1. The first-order valence-corrected chi connectivity index (χ1v) is 9.06. The Morgan fingerprint density at radius 2 is 2.00 bits per heavy atom. The summed E-state index contributed by atoms with van der Waals surface area (Å²) in [5, 5.41) is 4.45. The molecule has 2 aromatic carbocycles. The molecule has 3 rings (SSSR count). The Morgan fingerprint density at radius 3 is 2.70 bits per heavy atom. The van der Waals surface area contributed by atoms with Crippen LogP contribution in [0.25, 0.3) is 11.0 Å². The lowest BCUT2D eigenvalue weighted by atomic mass is 10.0. The molecule has 142 valence electrons. The van der Waals surface area contributed by atoms with Crippen molar-refractivity contribution in [2.75, 3.05) is 27.7 Å². The van der Waals surface area contributed by atoms with Gasteiger partial charge in [-0.1, -0.05) is 29.8 Å². The van der Waals surface area contributed by atoms with Gasteiger partial charge >= 0.3 is 0 Å². The van der Waals surface area contributed by atoms with Gasteiger partial charge in [0.2, 0.25) is 0 Å². The molecule has 5 nitrogen and oxygen atoms in total. The van der Waals surface area contributed by atoms with Crippen molar-refractivity contribution in [3.8, 4) is 5.75 Å². The molecule has 1 aromatic heterocycles. The van der Waals surface area contributed by atoms with E-state index in [9.17, 15) is 4.79 Å². The summed E-state index contributed by atoms with van der Waals surface area (Å²) in [6.45, 7) is 2.28. The maximum Gasteiger partial charge on any atom is 0.287 e. The summed E-state index contributed by atoms with van der Waals surface area (Å²) < 4.78 is 11.2. The van der Waals surface area contributed by atoms with Gasteiger partial charge in [0, 0.05) is 28.1 Å². The molecule has 0 aliphatic rings. The predicted molar refractivity (Wildman–Crippen MR) is 108 cm³/mol. The Kier molecular flexibility index (Phi) is 5.73. The summed E-state index contributed by atoms with van der Waals surface area (Å²) in [6, 6.07) is 13.1. The second-order valence-electron chi connectivity index (χ2n) is 6.63. The van der Waals surface area contributed by atoms with Crippen LogP contribution in [0.3, 0.4) is 0 Å². The highest BCUT2D eigenvalue weighted by Crippen LogP contribution is 2.29.